The largest absolute Gasteiger partial charge is 0.357 e. The number of guanidine groups is 1. The lowest BCUT2D eigenvalue weighted by atomic mass is 9.86. The maximum absolute atomic E-state index is 11.8. The molecular formula is C22H37IN4O. The number of carbonyl (C=O) groups excluding carboxylic acids is 1. The zero-order chi connectivity index (χ0) is 19.9. The van der Waals surface area contributed by atoms with Crippen molar-refractivity contribution in [2.24, 2.45) is 4.99 Å². The Labute approximate surface area is 187 Å². The molecule has 158 valence electrons. The third-order valence-corrected chi connectivity index (χ3v) is 5.02. The van der Waals surface area contributed by atoms with E-state index in [1.54, 1.807) is 0 Å². The van der Waals surface area contributed by atoms with Gasteiger partial charge in [0.25, 0.3) is 0 Å². The molecule has 0 bridgehead atoms. The van der Waals surface area contributed by atoms with Crippen LogP contribution in [0, 0.1) is 0 Å². The van der Waals surface area contributed by atoms with E-state index in [9.17, 15) is 4.79 Å². The topological polar surface area (TPSA) is 56.7 Å². The molecule has 0 radical (unpaired) electrons. The smallest absolute Gasteiger partial charge is 0.222 e. The highest BCUT2D eigenvalue weighted by molar-refractivity contribution is 14.0. The molecule has 1 heterocycles. The van der Waals surface area contributed by atoms with Crippen molar-refractivity contribution in [2.45, 2.75) is 65.3 Å². The fourth-order valence-electron chi connectivity index (χ4n) is 3.31. The highest BCUT2D eigenvalue weighted by Crippen LogP contribution is 2.22. The maximum Gasteiger partial charge on any atom is 0.222 e. The van der Waals surface area contributed by atoms with Gasteiger partial charge in [0.1, 0.15) is 0 Å². The normalized spacial score (nSPS) is 17.2. The Morgan fingerprint density at radius 3 is 2.46 bits per heavy atom. The van der Waals surface area contributed by atoms with Crippen LogP contribution in [-0.2, 0) is 16.6 Å². The van der Waals surface area contributed by atoms with Crippen LogP contribution in [0.3, 0.4) is 0 Å². The summed E-state index contributed by atoms with van der Waals surface area (Å²) >= 11 is 0. The van der Waals surface area contributed by atoms with Crippen molar-refractivity contribution >= 4 is 35.8 Å². The van der Waals surface area contributed by atoms with Gasteiger partial charge in [-0.05, 0) is 36.3 Å². The SMILES string of the molecule is CCNC(=NCCc1ccc(C(C)(C)C)cc1)NC1CCN(C(=O)CC)C1.I. The number of nitrogens with one attached hydrogen (secondary N) is 2. The number of rotatable bonds is 6. The molecule has 1 amide bonds. The summed E-state index contributed by atoms with van der Waals surface area (Å²) in [4.78, 5) is 18.5. The summed E-state index contributed by atoms with van der Waals surface area (Å²) in [5.41, 5.74) is 2.85. The fraction of sp³-hybridized carbons (Fsp3) is 0.636. The molecule has 0 aromatic heterocycles. The van der Waals surface area contributed by atoms with Crippen molar-refractivity contribution in [3.8, 4) is 0 Å². The van der Waals surface area contributed by atoms with Crippen molar-refractivity contribution in [3.05, 3.63) is 35.4 Å². The summed E-state index contributed by atoms with van der Waals surface area (Å²) in [6.45, 7) is 13.9. The van der Waals surface area contributed by atoms with Gasteiger partial charge in [-0.15, -0.1) is 24.0 Å². The van der Waals surface area contributed by atoms with Gasteiger partial charge >= 0.3 is 0 Å². The van der Waals surface area contributed by atoms with Crippen LogP contribution in [0.1, 0.15) is 58.6 Å². The second-order valence-electron chi connectivity index (χ2n) is 8.28. The van der Waals surface area contributed by atoms with Gasteiger partial charge in [-0.1, -0.05) is 52.0 Å². The number of carbonyl (C=O) groups is 1. The minimum absolute atomic E-state index is 0. The van der Waals surface area contributed by atoms with E-state index in [0.717, 1.165) is 45.0 Å². The van der Waals surface area contributed by atoms with Crippen LogP contribution in [0.25, 0.3) is 0 Å². The minimum atomic E-state index is 0. The first-order valence-corrected chi connectivity index (χ1v) is 10.3. The van der Waals surface area contributed by atoms with Crippen LogP contribution < -0.4 is 10.6 Å². The van der Waals surface area contributed by atoms with Crippen molar-refractivity contribution in [2.75, 3.05) is 26.2 Å². The molecule has 1 fully saturated rings. The highest BCUT2D eigenvalue weighted by atomic mass is 127. The molecule has 5 nitrogen and oxygen atoms in total. The molecular weight excluding hydrogens is 463 g/mol. The lowest BCUT2D eigenvalue weighted by molar-refractivity contribution is -0.129. The Bertz CT molecular complexity index is 637. The van der Waals surface area contributed by atoms with Gasteiger partial charge in [-0.25, -0.2) is 0 Å². The predicted octanol–water partition coefficient (Wildman–Crippen LogP) is 3.71. The summed E-state index contributed by atoms with van der Waals surface area (Å²) in [7, 11) is 0. The Morgan fingerprint density at radius 2 is 1.89 bits per heavy atom. The standard InChI is InChI=1S/C22H36N4O.HI/c1-6-20(27)26-15-13-19(16-26)25-21(23-7-2)24-14-12-17-8-10-18(11-9-17)22(3,4)5;/h8-11,19H,6-7,12-16H2,1-5H3,(H2,23,24,25);1H. The molecule has 1 aliphatic heterocycles. The summed E-state index contributed by atoms with van der Waals surface area (Å²) in [5, 5.41) is 6.80. The van der Waals surface area contributed by atoms with Crippen molar-refractivity contribution in [3.63, 3.8) is 0 Å². The number of halogens is 1. The van der Waals surface area contributed by atoms with E-state index in [2.05, 4.69) is 62.6 Å². The van der Waals surface area contributed by atoms with Gasteiger partial charge < -0.3 is 15.5 Å². The molecule has 1 saturated heterocycles. The molecule has 1 aromatic rings. The molecule has 1 unspecified atom stereocenters. The van der Waals surface area contributed by atoms with E-state index in [1.165, 1.54) is 11.1 Å². The Hall–Kier alpha value is -1.31. The molecule has 0 saturated carbocycles. The van der Waals surface area contributed by atoms with E-state index in [4.69, 9.17) is 4.99 Å². The summed E-state index contributed by atoms with van der Waals surface area (Å²) in [6, 6.07) is 9.15. The van der Waals surface area contributed by atoms with Crippen LogP contribution in [0.15, 0.2) is 29.3 Å². The van der Waals surface area contributed by atoms with Gasteiger partial charge in [0.05, 0.1) is 0 Å². The van der Waals surface area contributed by atoms with Gasteiger partial charge in [0, 0.05) is 38.6 Å². The van der Waals surface area contributed by atoms with Crippen molar-refractivity contribution in [1.29, 1.82) is 0 Å². The predicted molar refractivity (Wildman–Crippen MR) is 129 cm³/mol. The molecule has 2 rings (SSSR count). The summed E-state index contributed by atoms with van der Waals surface area (Å²) in [6.07, 6.45) is 2.48. The lowest BCUT2D eigenvalue weighted by Gasteiger charge is -2.19. The molecule has 0 spiro atoms. The third kappa shape index (κ3) is 7.60. The zero-order valence-electron chi connectivity index (χ0n) is 18.0. The van der Waals surface area contributed by atoms with Crippen LogP contribution in [0.5, 0.6) is 0 Å². The quantitative estimate of drug-likeness (QED) is 0.356. The average Bonchev–Trinajstić information content (AvgIpc) is 3.09. The number of hydrogen-bond donors (Lipinski definition) is 2. The first-order chi connectivity index (χ1) is 12.8. The van der Waals surface area contributed by atoms with Crippen molar-refractivity contribution in [1.82, 2.24) is 15.5 Å². The molecule has 28 heavy (non-hydrogen) atoms. The number of likely N-dealkylation sites (tertiary alicyclic amines) is 1. The van der Waals surface area contributed by atoms with Gasteiger partial charge in [0.15, 0.2) is 5.96 Å². The highest BCUT2D eigenvalue weighted by Gasteiger charge is 2.25. The molecule has 6 heteroatoms. The Balaban J connectivity index is 0.00000392. The molecule has 2 N–H and O–H groups in total. The first-order valence-electron chi connectivity index (χ1n) is 10.3. The lowest BCUT2D eigenvalue weighted by Crippen LogP contribution is -2.45. The zero-order valence-corrected chi connectivity index (χ0v) is 20.4. The van der Waals surface area contributed by atoms with E-state index in [1.807, 2.05) is 11.8 Å². The molecule has 1 aliphatic rings. The van der Waals surface area contributed by atoms with E-state index in [-0.39, 0.29) is 41.3 Å². The van der Waals surface area contributed by atoms with Crippen LogP contribution in [0.4, 0.5) is 0 Å². The molecule has 1 aromatic carbocycles. The van der Waals surface area contributed by atoms with E-state index >= 15 is 0 Å². The Morgan fingerprint density at radius 1 is 1.21 bits per heavy atom. The fourth-order valence-corrected chi connectivity index (χ4v) is 3.31. The maximum atomic E-state index is 11.8. The van der Waals surface area contributed by atoms with E-state index in [0.29, 0.717) is 6.42 Å². The summed E-state index contributed by atoms with van der Waals surface area (Å²) < 4.78 is 0. The van der Waals surface area contributed by atoms with Gasteiger partial charge in [0.2, 0.25) is 5.91 Å². The number of nitrogens with zero attached hydrogens (tertiary/aromatic N) is 2. The van der Waals surface area contributed by atoms with Gasteiger partial charge in [-0.2, -0.15) is 0 Å². The van der Waals surface area contributed by atoms with Crippen LogP contribution in [-0.4, -0.2) is 49.0 Å². The Kier molecular flexibility index (Phi) is 10.3. The third-order valence-electron chi connectivity index (χ3n) is 5.02. The second kappa shape index (κ2) is 11.6. The molecule has 0 aliphatic carbocycles. The number of aliphatic imine (C=N–C) groups is 1. The van der Waals surface area contributed by atoms with Gasteiger partial charge in [-0.3, -0.25) is 9.79 Å². The number of amides is 1. The summed E-state index contributed by atoms with van der Waals surface area (Å²) in [5.74, 6) is 1.08. The van der Waals surface area contributed by atoms with Crippen LogP contribution >= 0.6 is 24.0 Å². The van der Waals surface area contributed by atoms with Crippen molar-refractivity contribution < 1.29 is 4.79 Å². The molecule has 1 atom stereocenters. The number of hydrogen-bond acceptors (Lipinski definition) is 2. The van der Waals surface area contributed by atoms with E-state index < -0.39 is 0 Å². The number of benzene rings is 1. The average molecular weight is 500 g/mol. The monoisotopic (exact) mass is 500 g/mol. The second-order valence-corrected chi connectivity index (χ2v) is 8.28. The minimum Gasteiger partial charge on any atom is -0.357 e. The van der Waals surface area contributed by atoms with Crippen LogP contribution in [0.2, 0.25) is 0 Å². The first kappa shape index (κ1) is 24.7.